The van der Waals surface area contributed by atoms with E-state index in [1.165, 1.54) is 10.5 Å². The van der Waals surface area contributed by atoms with Gasteiger partial charge in [0.2, 0.25) is 0 Å². The van der Waals surface area contributed by atoms with Crippen molar-refractivity contribution in [2.75, 3.05) is 31.7 Å². The number of aryl methyl sites for hydroxylation is 1. The maximum atomic E-state index is 8.74. The molecule has 23 heavy (non-hydrogen) atoms. The first-order valence-corrected chi connectivity index (χ1v) is 10.3. The van der Waals surface area contributed by atoms with E-state index in [2.05, 4.69) is 49.3 Å². The predicted molar refractivity (Wildman–Crippen MR) is 98.6 cm³/mol. The van der Waals surface area contributed by atoms with E-state index < -0.39 is 10.4 Å². The molecule has 0 aliphatic heterocycles. The first kappa shape index (κ1) is 22.6. The number of thioether (sulfide) groups is 1. The maximum absolute atomic E-state index is 8.74. The van der Waals surface area contributed by atoms with Gasteiger partial charge in [0.25, 0.3) is 0 Å². The molecule has 0 amide bonds. The summed E-state index contributed by atoms with van der Waals surface area (Å²) in [7, 11) is -4.67. The number of rotatable bonds is 9. The average molecular weight is 384 g/mol. The van der Waals surface area contributed by atoms with Gasteiger partial charge < -0.3 is 10.1 Å². The Morgan fingerprint density at radius 3 is 2.43 bits per heavy atom. The van der Waals surface area contributed by atoms with Crippen molar-refractivity contribution in [3.63, 3.8) is 0 Å². The number of thiol groups is 1. The maximum Gasteiger partial charge on any atom is 0.394 e. The molecule has 1 rings (SSSR count). The Kier molecular flexibility index (Phi) is 12.7. The van der Waals surface area contributed by atoms with Crippen LogP contribution in [-0.2, 0) is 10.4 Å². The molecule has 6 nitrogen and oxygen atoms in total. The van der Waals surface area contributed by atoms with Gasteiger partial charge in [0.15, 0.2) is 0 Å². The Bertz CT molecular complexity index is 529. The second kappa shape index (κ2) is 12.9. The Labute approximate surface area is 148 Å². The molecule has 0 spiro atoms. The lowest BCUT2D eigenvalue weighted by Gasteiger charge is -2.09. The minimum Gasteiger partial charge on any atom is -0.494 e. The molecule has 9 heteroatoms. The number of ether oxygens (including phenoxy) is 1. The van der Waals surface area contributed by atoms with Gasteiger partial charge in [-0.15, -0.1) is 11.8 Å². The normalized spacial score (nSPS) is 10.8. The monoisotopic (exact) mass is 383 g/mol. The third-order valence-corrected chi connectivity index (χ3v) is 3.79. The van der Waals surface area contributed by atoms with Crippen molar-refractivity contribution in [2.24, 2.45) is 0 Å². The lowest BCUT2D eigenvalue weighted by molar-refractivity contribution is 0.305. The van der Waals surface area contributed by atoms with Crippen LogP contribution in [0.5, 0.6) is 5.75 Å². The molecular formula is C14H25NO5S3. The summed E-state index contributed by atoms with van der Waals surface area (Å²) < 4.78 is 37.3. The topological polar surface area (TPSA) is 95.9 Å². The second-order valence-electron chi connectivity index (χ2n) is 4.61. The largest absolute Gasteiger partial charge is 0.494 e. The minimum absolute atomic E-state index is 0.792. The Balaban J connectivity index is 0.000000841. The van der Waals surface area contributed by atoms with Crippen LogP contribution < -0.4 is 10.1 Å². The molecule has 0 aliphatic carbocycles. The van der Waals surface area contributed by atoms with Gasteiger partial charge in [0.05, 0.1) is 6.61 Å². The predicted octanol–water partition coefficient (Wildman–Crippen LogP) is 2.74. The highest BCUT2D eigenvalue weighted by atomic mass is 32.3. The molecular weight excluding hydrogens is 358 g/mol. The molecule has 134 valence electrons. The van der Waals surface area contributed by atoms with Gasteiger partial charge in [-0.3, -0.25) is 9.11 Å². The van der Waals surface area contributed by atoms with Crippen LogP contribution in [0.2, 0.25) is 0 Å². The zero-order valence-electron chi connectivity index (χ0n) is 13.4. The summed E-state index contributed by atoms with van der Waals surface area (Å²) in [6, 6.07) is 6.30. The van der Waals surface area contributed by atoms with E-state index in [-0.39, 0.29) is 0 Å². The molecule has 0 bridgehead atoms. The van der Waals surface area contributed by atoms with Gasteiger partial charge in [-0.1, -0.05) is 0 Å². The minimum atomic E-state index is -4.67. The van der Waals surface area contributed by atoms with Crippen LogP contribution in [0.25, 0.3) is 0 Å². The molecule has 0 aliphatic rings. The van der Waals surface area contributed by atoms with Gasteiger partial charge in [0.1, 0.15) is 5.75 Å². The third kappa shape index (κ3) is 14.9. The summed E-state index contributed by atoms with van der Waals surface area (Å²) in [6.07, 6.45) is 4.33. The van der Waals surface area contributed by atoms with Crippen molar-refractivity contribution in [3.8, 4) is 5.75 Å². The lowest BCUT2D eigenvalue weighted by atomic mass is 10.2. The van der Waals surface area contributed by atoms with Gasteiger partial charge in [0, 0.05) is 17.2 Å². The fourth-order valence-electron chi connectivity index (χ4n) is 1.69. The first-order chi connectivity index (χ1) is 10.8. The third-order valence-electron chi connectivity index (χ3n) is 2.67. The molecule has 0 saturated carbocycles. The number of benzene rings is 1. The highest BCUT2D eigenvalue weighted by Gasteiger charge is 1.99. The van der Waals surface area contributed by atoms with E-state index in [1.54, 1.807) is 11.8 Å². The summed E-state index contributed by atoms with van der Waals surface area (Å²) in [5.74, 6) is 1.88. The van der Waals surface area contributed by atoms with E-state index >= 15 is 0 Å². The Morgan fingerprint density at radius 1 is 1.26 bits per heavy atom. The van der Waals surface area contributed by atoms with Crippen LogP contribution in [0, 0.1) is 6.92 Å². The van der Waals surface area contributed by atoms with E-state index in [0.29, 0.717) is 0 Å². The molecule has 0 unspecified atom stereocenters. The smallest absolute Gasteiger partial charge is 0.394 e. The number of nitrogens with one attached hydrogen (secondary N) is 1. The molecule has 1 aromatic carbocycles. The molecule has 0 radical (unpaired) electrons. The van der Waals surface area contributed by atoms with E-state index in [0.717, 1.165) is 44.0 Å². The van der Waals surface area contributed by atoms with Gasteiger partial charge in [-0.05, 0) is 56.3 Å². The standard InChI is InChI=1S/C14H23NOS2.H2O4S/c1-12-11-13(5-6-14(12)18-2)16-9-4-3-7-15-8-10-17;1-5(2,3)4/h5-6,11,15,17H,3-4,7-10H2,1-2H3;(H2,1,2,3,4). The van der Waals surface area contributed by atoms with Crippen LogP contribution in [0.15, 0.2) is 23.1 Å². The average Bonchev–Trinajstić information content (AvgIpc) is 2.45. The van der Waals surface area contributed by atoms with Gasteiger partial charge >= 0.3 is 10.4 Å². The van der Waals surface area contributed by atoms with Gasteiger partial charge in [-0.2, -0.15) is 21.0 Å². The zero-order chi connectivity index (χ0) is 17.7. The molecule has 0 aromatic heterocycles. The molecule has 3 N–H and O–H groups in total. The number of hydrogen-bond acceptors (Lipinski definition) is 6. The number of unbranched alkanes of at least 4 members (excludes halogenated alkanes) is 1. The summed E-state index contributed by atoms with van der Waals surface area (Å²) in [5.41, 5.74) is 1.29. The van der Waals surface area contributed by atoms with Crippen molar-refractivity contribution in [1.29, 1.82) is 0 Å². The number of hydrogen-bond donors (Lipinski definition) is 4. The summed E-state index contributed by atoms with van der Waals surface area (Å²) >= 11 is 5.92. The molecule has 0 atom stereocenters. The van der Waals surface area contributed by atoms with Crippen molar-refractivity contribution >= 4 is 34.8 Å². The highest BCUT2D eigenvalue weighted by Crippen LogP contribution is 2.24. The molecule has 1 aromatic rings. The van der Waals surface area contributed by atoms with Crippen LogP contribution in [0.1, 0.15) is 18.4 Å². The summed E-state index contributed by atoms with van der Waals surface area (Å²) in [4.78, 5) is 1.32. The van der Waals surface area contributed by atoms with Gasteiger partial charge in [-0.25, -0.2) is 0 Å². The fraction of sp³-hybridized carbons (Fsp3) is 0.571. The second-order valence-corrected chi connectivity index (χ2v) is 6.80. The van der Waals surface area contributed by atoms with Crippen LogP contribution in [0.3, 0.4) is 0 Å². The Morgan fingerprint density at radius 2 is 1.91 bits per heavy atom. The van der Waals surface area contributed by atoms with E-state index in [4.69, 9.17) is 22.3 Å². The zero-order valence-corrected chi connectivity index (χ0v) is 15.9. The lowest BCUT2D eigenvalue weighted by Crippen LogP contribution is -2.18. The quantitative estimate of drug-likeness (QED) is 0.225. The molecule has 0 saturated heterocycles. The fourth-order valence-corrected chi connectivity index (χ4v) is 2.43. The summed E-state index contributed by atoms with van der Waals surface area (Å²) in [5, 5.41) is 3.32. The molecule has 0 fully saturated rings. The highest BCUT2D eigenvalue weighted by molar-refractivity contribution is 7.98. The van der Waals surface area contributed by atoms with Crippen molar-refractivity contribution in [2.45, 2.75) is 24.7 Å². The van der Waals surface area contributed by atoms with Crippen molar-refractivity contribution in [1.82, 2.24) is 5.32 Å². The van der Waals surface area contributed by atoms with Crippen molar-refractivity contribution < 1.29 is 22.3 Å². The first-order valence-electron chi connectivity index (χ1n) is 7.07. The SMILES string of the molecule is CSc1ccc(OCCCCNCCS)cc1C.O=S(=O)(O)O. The van der Waals surface area contributed by atoms with Crippen LogP contribution in [0.4, 0.5) is 0 Å². The Hall–Kier alpha value is -0.450. The van der Waals surface area contributed by atoms with Crippen LogP contribution in [-0.4, -0.2) is 49.2 Å². The summed E-state index contributed by atoms with van der Waals surface area (Å²) in [6.45, 7) is 4.95. The van der Waals surface area contributed by atoms with E-state index in [9.17, 15) is 0 Å². The van der Waals surface area contributed by atoms with Crippen LogP contribution >= 0.6 is 24.4 Å². The van der Waals surface area contributed by atoms with Crippen molar-refractivity contribution in [3.05, 3.63) is 23.8 Å². The van der Waals surface area contributed by atoms with E-state index in [1.807, 2.05) is 0 Å². The molecule has 0 heterocycles.